The third-order valence-electron chi connectivity index (χ3n) is 2.81. The van der Waals surface area contributed by atoms with Crippen molar-refractivity contribution in [2.24, 2.45) is 0 Å². The molecule has 0 spiro atoms. The lowest BCUT2D eigenvalue weighted by molar-refractivity contribution is -0.146. The summed E-state index contributed by atoms with van der Waals surface area (Å²) in [6.45, 7) is 4.15. The van der Waals surface area contributed by atoms with Crippen molar-refractivity contribution in [3.05, 3.63) is 0 Å². The van der Waals surface area contributed by atoms with E-state index in [0.717, 1.165) is 13.0 Å². The Bertz CT molecular complexity index is 324. The molecule has 0 aromatic heterocycles. The minimum atomic E-state index is -0.729. The van der Waals surface area contributed by atoms with E-state index < -0.39 is 17.9 Å². The average molecular weight is 256 g/mol. The summed E-state index contributed by atoms with van der Waals surface area (Å²) in [7, 11) is 1.48. The molecule has 0 aliphatic carbocycles. The van der Waals surface area contributed by atoms with Crippen LogP contribution in [-0.2, 0) is 14.4 Å². The van der Waals surface area contributed by atoms with Gasteiger partial charge in [-0.2, -0.15) is 0 Å². The van der Waals surface area contributed by atoms with E-state index in [2.05, 4.69) is 16.0 Å². The number of hydrogen-bond acceptors (Lipinski definition) is 4. The largest absolute Gasteiger partial charge is 0.357 e. The zero-order valence-electron chi connectivity index (χ0n) is 10.8. The minimum absolute atomic E-state index is 0.325. The first-order valence-corrected chi connectivity index (χ1v) is 6.08. The van der Waals surface area contributed by atoms with Gasteiger partial charge in [0.1, 0.15) is 6.04 Å². The lowest BCUT2D eigenvalue weighted by Gasteiger charge is -2.20. The molecule has 0 aromatic rings. The number of hydrogen-bond donors (Lipinski definition) is 3. The number of rotatable bonds is 2. The quantitative estimate of drug-likeness (QED) is 0.501. The maximum atomic E-state index is 11.9. The highest BCUT2D eigenvalue weighted by molar-refractivity contribution is 6.35. The van der Waals surface area contributed by atoms with E-state index in [-0.39, 0.29) is 5.91 Å². The van der Waals surface area contributed by atoms with Gasteiger partial charge in [-0.05, 0) is 19.9 Å². The van der Waals surface area contributed by atoms with Crippen molar-refractivity contribution < 1.29 is 14.4 Å². The van der Waals surface area contributed by atoms with Crippen LogP contribution in [0.4, 0.5) is 0 Å². The van der Waals surface area contributed by atoms with E-state index in [0.29, 0.717) is 19.6 Å². The van der Waals surface area contributed by atoms with Gasteiger partial charge in [0.25, 0.3) is 0 Å². The van der Waals surface area contributed by atoms with Gasteiger partial charge < -0.3 is 20.9 Å². The van der Waals surface area contributed by atoms with Crippen LogP contribution < -0.4 is 16.0 Å². The second kappa shape index (κ2) is 6.95. The molecule has 3 N–H and O–H groups in total. The predicted octanol–water partition coefficient (Wildman–Crippen LogP) is -1.94. The normalized spacial score (nSPS) is 17.6. The van der Waals surface area contributed by atoms with Crippen LogP contribution in [0, 0.1) is 0 Å². The summed E-state index contributed by atoms with van der Waals surface area (Å²) in [5, 5.41) is 7.94. The second-order valence-electron chi connectivity index (χ2n) is 4.21. The Kier molecular flexibility index (Phi) is 5.57. The SMILES string of the molecule is CNC(=O)C(C)NC(=O)C(=O)N1CCCNCC1. The van der Waals surface area contributed by atoms with Crippen molar-refractivity contribution in [3.8, 4) is 0 Å². The number of nitrogens with one attached hydrogen (secondary N) is 3. The number of likely N-dealkylation sites (N-methyl/N-ethyl adjacent to an activating group) is 1. The van der Waals surface area contributed by atoms with Crippen LogP contribution in [-0.4, -0.2) is 61.9 Å². The van der Waals surface area contributed by atoms with Crippen molar-refractivity contribution in [1.29, 1.82) is 0 Å². The highest BCUT2D eigenvalue weighted by atomic mass is 16.2. The first kappa shape index (κ1) is 14.4. The lowest BCUT2D eigenvalue weighted by Crippen LogP contribution is -2.50. The standard InChI is InChI=1S/C11H20N4O3/c1-8(9(16)12-2)14-10(17)11(18)15-6-3-4-13-5-7-15/h8,13H,3-7H2,1-2H3,(H,12,16)(H,14,17). The molecule has 1 saturated heterocycles. The van der Waals surface area contributed by atoms with Crippen molar-refractivity contribution in [1.82, 2.24) is 20.9 Å². The van der Waals surface area contributed by atoms with Gasteiger partial charge in [0.2, 0.25) is 5.91 Å². The molecule has 1 aliphatic heterocycles. The number of carbonyl (C=O) groups excluding carboxylic acids is 3. The zero-order valence-corrected chi connectivity index (χ0v) is 10.8. The summed E-state index contributed by atoms with van der Waals surface area (Å²) in [4.78, 5) is 36.3. The van der Waals surface area contributed by atoms with Crippen LogP contribution in [0.2, 0.25) is 0 Å². The van der Waals surface area contributed by atoms with E-state index in [1.165, 1.54) is 18.9 Å². The third kappa shape index (κ3) is 3.99. The molecule has 7 heteroatoms. The minimum Gasteiger partial charge on any atom is -0.357 e. The predicted molar refractivity (Wildman–Crippen MR) is 65.7 cm³/mol. The maximum absolute atomic E-state index is 11.9. The molecule has 0 aromatic carbocycles. The van der Waals surface area contributed by atoms with E-state index in [1.807, 2.05) is 0 Å². The molecule has 1 aliphatic rings. The Morgan fingerprint density at radius 2 is 1.94 bits per heavy atom. The molecule has 1 heterocycles. The highest BCUT2D eigenvalue weighted by Gasteiger charge is 2.25. The zero-order chi connectivity index (χ0) is 13.5. The molecule has 7 nitrogen and oxygen atoms in total. The van der Waals surface area contributed by atoms with Gasteiger partial charge >= 0.3 is 11.8 Å². The summed E-state index contributed by atoms with van der Waals surface area (Å²) in [6, 6.07) is -0.712. The van der Waals surface area contributed by atoms with Crippen molar-refractivity contribution >= 4 is 17.7 Å². The summed E-state index contributed by atoms with van der Waals surface area (Å²) in [6.07, 6.45) is 0.823. The molecule has 1 rings (SSSR count). The first-order chi connectivity index (χ1) is 8.56. The Morgan fingerprint density at radius 1 is 1.22 bits per heavy atom. The van der Waals surface area contributed by atoms with Crippen LogP contribution in [0.1, 0.15) is 13.3 Å². The molecule has 1 fully saturated rings. The van der Waals surface area contributed by atoms with Gasteiger partial charge in [-0.15, -0.1) is 0 Å². The van der Waals surface area contributed by atoms with Gasteiger partial charge in [-0.1, -0.05) is 0 Å². The molecular formula is C11H20N4O3. The van der Waals surface area contributed by atoms with Crippen LogP contribution in [0.5, 0.6) is 0 Å². The topological polar surface area (TPSA) is 90.5 Å². The average Bonchev–Trinajstić information content (AvgIpc) is 2.65. The Balaban J connectivity index is 2.49. The van der Waals surface area contributed by atoms with E-state index in [4.69, 9.17) is 0 Å². The van der Waals surface area contributed by atoms with Crippen LogP contribution >= 0.6 is 0 Å². The van der Waals surface area contributed by atoms with Gasteiger partial charge in [0.15, 0.2) is 0 Å². The molecule has 1 atom stereocenters. The Labute approximate surface area is 106 Å². The van der Waals surface area contributed by atoms with Crippen LogP contribution in [0.3, 0.4) is 0 Å². The van der Waals surface area contributed by atoms with Gasteiger partial charge in [-0.3, -0.25) is 14.4 Å². The second-order valence-corrected chi connectivity index (χ2v) is 4.21. The summed E-state index contributed by atoms with van der Waals surface area (Å²) < 4.78 is 0. The summed E-state index contributed by atoms with van der Waals surface area (Å²) in [5.74, 6) is -1.63. The fourth-order valence-corrected chi connectivity index (χ4v) is 1.73. The van der Waals surface area contributed by atoms with E-state index in [1.54, 1.807) is 0 Å². The Hall–Kier alpha value is -1.63. The summed E-state index contributed by atoms with van der Waals surface area (Å²) in [5.41, 5.74) is 0. The number of carbonyl (C=O) groups is 3. The third-order valence-corrected chi connectivity index (χ3v) is 2.81. The number of nitrogens with zero attached hydrogens (tertiary/aromatic N) is 1. The molecule has 18 heavy (non-hydrogen) atoms. The van der Waals surface area contributed by atoms with E-state index >= 15 is 0 Å². The van der Waals surface area contributed by atoms with Crippen LogP contribution in [0.15, 0.2) is 0 Å². The van der Waals surface area contributed by atoms with Crippen molar-refractivity contribution in [3.63, 3.8) is 0 Å². The van der Waals surface area contributed by atoms with Gasteiger partial charge in [0.05, 0.1) is 0 Å². The molecule has 0 saturated carbocycles. The molecule has 1 unspecified atom stereocenters. The van der Waals surface area contributed by atoms with Crippen molar-refractivity contribution in [2.45, 2.75) is 19.4 Å². The monoisotopic (exact) mass is 256 g/mol. The summed E-state index contributed by atoms with van der Waals surface area (Å²) >= 11 is 0. The first-order valence-electron chi connectivity index (χ1n) is 6.08. The molecule has 0 radical (unpaired) electrons. The maximum Gasteiger partial charge on any atom is 0.311 e. The van der Waals surface area contributed by atoms with Crippen molar-refractivity contribution in [2.75, 3.05) is 33.2 Å². The number of amides is 3. The lowest BCUT2D eigenvalue weighted by atomic mass is 10.3. The Morgan fingerprint density at radius 3 is 2.61 bits per heavy atom. The van der Waals surface area contributed by atoms with Gasteiger partial charge in [-0.25, -0.2) is 0 Å². The fraction of sp³-hybridized carbons (Fsp3) is 0.727. The molecule has 102 valence electrons. The fourth-order valence-electron chi connectivity index (χ4n) is 1.73. The van der Waals surface area contributed by atoms with Crippen LogP contribution in [0.25, 0.3) is 0 Å². The highest BCUT2D eigenvalue weighted by Crippen LogP contribution is 1.97. The van der Waals surface area contributed by atoms with Gasteiger partial charge in [0, 0.05) is 26.7 Å². The van der Waals surface area contributed by atoms with E-state index in [9.17, 15) is 14.4 Å². The molecular weight excluding hydrogens is 236 g/mol. The molecule has 0 bridgehead atoms. The molecule has 3 amide bonds. The smallest absolute Gasteiger partial charge is 0.311 e.